The molecular weight excluding hydrogens is 336 g/mol. The van der Waals surface area contributed by atoms with E-state index in [1.165, 1.54) is 48.4 Å². The standard InChI is InChI=1S/C20H35ClN2S/c1-5-9-13-17(7-3)24-15-16-12-10-14-22-20(16)23-19(11-6-2)18(21)8-4/h7-8,19,22-23H,5-6,9-15H2,1-4H3/b17-7+,18-8+. The molecule has 2 nitrogen and oxygen atoms in total. The Kier molecular flexibility index (Phi) is 11.4. The highest BCUT2D eigenvalue weighted by atomic mass is 35.5. The number of unbranched alkanes of at least 4 members (excludes halogenated alkanes) is 1. The molecule has 0 saturated heterocycles. The van der Waals surface area contributed by atoms with Crippen LogP contribution in [0.25, 0.3) is 0 Å². The van der Waals surface area contributed by atoms with E-state index in [1.807, 2.05) is 24.8 Å². The molecule has 0 aliphatic carbocycles. The number of hydrogen-bond acceptors (Lipinski definition) is 3. The van der Waals surface area contributed by atoms with Gasteiger partial charge in [0.15, 0.2) is 0 Å². The molecule has 2 N–H and O–H groups in total. The van der Waals surface area contributed by atoms with Crippen molar-refractivity contribution in [2.24, 2.45) is 0 Å². The van der Waals surface area contributed by atoms with Crippen molar-refractivity contribution >= 4 is 23.4 Å². The summed E-state index contributed by atoms with van der Waals surface area (Å²) in [6.45, 7) is 9.69. The summed E-state index contributed by atoms with van der Waals surface area (Å²) < 4.78 is 0. The third kappa shape index (κ3) is 7.57. The molecule has 1 aliphatic rings. The normalized spacial score (nSPS) is 17.7. The van der Waals surface area contributed by atoms with Crippen LogP contribution >= 0.6 is 23.4 Å². The number of nitrogens with one attached hydrogen (secondary N) is 2. The lowest BCUT2D eigenvalue weighted by Crippen LogP contribution is -2.39. The fourth-order valence-electron chi connectivity index (χ4n) is 2.84. The van der Waals surface area contributed by atoms with Gasteiger partial charge in [-0.05, 0) is 56.4 Å². The van der Waals surface area contributed by atoms with Crippen LogP contribution in [-0.4, -0.2) is 18.3 Å². The quantitative estimate of drug-likeness (QED) is 0.445. The molecule has 0 aromatic carbocycles. The smallest absolute Gasteiger partial charge is 0.0992 e. The topological polar surface area (TPSA) is 24.1 Å². The van der Waals surface area contributed by atoms with Gasteiger partial charge in [-0.1, -0.05) is 50.4 Å². The summed E-state index contributed by atoms with van der Waals surface area (Å²) in [7, 11) is 0. The summed E-state index contributed by atoms with van der Waals surface area (Å²) in [4.78, 5) is 1.52. The van der Waals surface area contributed by atoms with Crippen molar-refractivity contribution in [3.8, 4) is 0 Å². The highest BCUT2D eigenvalue weighted by Gasteiger charge is 2.18. The second-order valence-electron chi connectivity index (χ2n) is 6.32. The molecule has 0 saturated carbocycles. The zero-order valence-electron chi connectivity index (χ0n) is 15.9. The number of halogens is 1. The van der Waals surface area contributed by atoms with Gasteiger partial charge in [0.05, 0.1) is 11.9 Å². The zero-order valence-corrected chi connectivity index (χ0v) is 17.5. The zero-order chi connectivity index (χ0) is 17.8. The summed E-state index contributed by atoms with van der Waals surface area (Å²) in [5, 5.41) is 8.17. The van der Waals surface area contributed by atoms with Crippen molar-refractivity contribution in [2.45, 2.75) is 78.7 Å². The Bertz CT molecular complexity index is 455. The van der Waals surface area contributed by atoms with Crippen LogP contribution < -0.4 is 10.6 Å². The fourth-order valence-corrected chi connectivity index (χ4v) is 4.10. The van der Waals surface area contributed by atoms with Crippen LogP contribution in [0.15, 0.2) is 33.5 Å². The summed E-state index contributed by atoms with van der Waals surface area (Å²) >= 11 is 8.42. The lowest BCUT2D eigenvalue weighted by atomic mass is 10.1. The third-order valence-corrected chi connectivity index (χ3v) is 6.13. The number of allylic oxidation sites excluding steroid dienone is 3. The second-order valence-corrected chi connectivity index (χ2v) is 7.85. The van der Waals surface area contributed by atoms with Crippen molar-refractivity contribution in [2.75, 3.05) is 12.3 Å². The second kappa shape index (κ2) is 12.8. The Morgan fingerprint density at radius 1 is 1.29 bits per heavy atom. The van der Waals surface area contributed by atoms with E-state index >= 15 is 0 Å². The van der Waals surface area contributed by atoms with Crippen LogP contribution in [0.4, 0.5) is 0 Å². The van der Waals surface area contributed by atoms with Crippen LogP contribution in [0.1, 0.15) is 72.6 Å². The van der Waals surface area contributed by atoms with E-state index in [4.69, 9.17) is 11.6 Å². The molecule has 1 unspecified atom stereocenters. The number of hydrogen-bond donors (Lipinski definition) is 2. The summed E-state index contributed by atoms with van der Waals surface area (Å²) in [5.41, 5.74) is 1.50. The molecule has 0 fully saturated rings. The van der Waals surface area contributed by atoms with Gasteiger partial charge in [-0.3, -0.25) is 0 Å². The maximum absolute atomic E-state index is 6.42. The van der Waals surface area contributed by atoms with Crippen LogP contribution in [0.2, 0.25) is 0 Å². The monoisotopic (exact) mass is 370 g/mol. The predicted octanol–water partition coefficient (Wildman–Crippen LogP) is 6.31. The molecular formula is C20H35ClN2S. The largest absolute Gasteiger partial charge is 0.372 e. The molecule has 0 aromatic rings. The van der Waals surface area contributed by atoms with E-state index in [2.05, 4.69) is 37.5 Å². The Hall–Kier alpha value is -0.540. The summed E-state index contributed by atoms with van der Waals surface area (Å²) in [5.74, 6) is 2.29. The van der Waals surface area contributed by atoms with Gasteiger partial charge in [-0.2, -0.15) is 0 Å². The third-order valence-electron chi connectivity index (χ3n) is 4.35. The van der Waals surface area contributed by atoms with E-state index in [0.717, 1.165) is 30.2 Å². The van der Waals surface area contributed by atoms with Crippen molar-refractivity contribution in [1.29, 1.82) is 0 Å². The van der Waals surface area contributed by atoms with E-state index in [1.54, 1.807) is 0 Å². The Morgan fingerprint density at radius 3 is 2.71 bits per heavy atom. The van der Waals surface area contributed by atoms with Crippen molar-refractivity contribution in [1.82, 2.24) is 10.6 Å². The average Bonchev–Trinajstić information content (AvgIpc) is 2.62. The Morgan fingerprint density at radius 2 is 2.08 bits per heavy atom. The van der Waals surface area contributed by atoms with Gasteiger partial charge in [-0.25, -0.2) is 0 Å². The van der Waals surface area contributed by atoms with Crippen molar-refractivity contribution in [3.05, 3.63) is 33.5 Å². The molecule has 0 bridgehead atoms. The van der Waals surface area contributed by atoms with Gasteiger partial charge in [-0.15, -0.1) is 11.8 Å². The Balaban J connectivity index is 2.75. The molecule has 0 radical (unpaired) electrons. The maximum Gasteiger partial charge on any atom is 0.0992 e. The van der Waals surface area contributed by atoms with Crippen LogP contribution in [0.5, 0.6) is 0 Å². The van der Waals surface area contributed by atoms with Gasteiger partial charge in [0.2, 0.25) is 0 Å². The molecule has 0 aromatic heterocycles. The lowest BCUT2D eigenvalue weighted by Gasteiger charge is -2.28. The van der Waals surface area contributed by atoms with E-state index in [0.29, 0.717) is 0 Å². The molecule has 24 heavy (non-hydrogen) atoms. The number of rotatable bonds is 11. The Labute approximate surface area is 158 Å². The van der Waals surface area contributed by atoms with E-state index < -0.39 is 0 Å². The highest BCUT2D eigenvalue weighted by Crippen LogP contribution is 2.27. The first-order valence-corrected chi connectivity index (χ1v) is 10.8. The molecule has 0 spiro atoms. The number of thioether (sulfide) groups is 1. The predicted molar refractivity (Wildman–Crippen MR) is 111 cm³/mol. The average molecular weight is 371 g/mol. The minimum absolute atomic E-state index is 0.226. The minimum Gasteiger partial charge on any atom is -0.372 e. The van der Waals surface area contributed by atoms with E-state index in [-0.39, 0.29) is 6.04 Å². The van der Waals surface area contributed by atoms with Gasteiger partial charge < -0.3 is 10.6 Å². The minimum atomic E-state index is 0.226. The lowest BCUT2D eigenvalue weighted by molar-refractivity contribution is 0.531. The maximum atomic E-state index is 6.42. The van der Waals surface area contributed by atoms with Gasteiger partial charge in [0.25, 0.3) is 0 Å². The van der Waals surface area contributed by atoms with E-state index in [9.17, 15) is 0 Å². The molecule has 1 atom stereocenters. The molecule has 138 valence electrons. The van der Waals surface area contributed by atoms with Gasteiger partial charge in [0, 0.05) is 17.3 Å². The molecule has 1 heterocycles. The fraction of sp³-hybridized carbons (Fsp3) is 0.700. The van der Waals surface area contributed by atoms with Crippen LogP contribution in [0.3, 0.4) is 0 Å². The first kappa shape index (κ1) is 21.5. The molecule has 4 heteroatoms. The molecule has 0 amide bonds. The molecule has 1 rings (SSSR count). The first-order valence-electron chi connectivity index (χ1n) is 9.48. The molecule has 1 aliphatic heterocycles. The summed E-state index contributed by atoms with van der Waals surface area (Å²) in [6, 6.07) is 0.226. The van der Waals surface area contributed by atoms with Gasteiger partial charge >= 0.3 is 0 Å². The van der Waals surface area contributed by atoms with Crippen molar-refractivity contribution < 1.29 is 0 Å². The van der Waals surface area contributed by atoms with Crippen LogP contribution in [-0.2, 0) is 0 Å². The van der Waals surface area contributed by atoms with Gasteiger partial charge in [0.1, 0.15) is 0 Å². The van der Waals surface area contributed by atoms with Crippen molar-refractivity contribution in [3.63, 3.8) is 0 Å². The highest BCUT2D eigenvalue weighted by molar-refractivity contribution is 8.03. The first-order chi connectivity index (χ1) is 11.7. The van der Waals surface area contributed by atoms with Crippen LogP contribution in [0, 0.1) is 0 Å². The summed E-state index contributed by atoms with van der Waals surface area (Å²) in [6.07, 6.45) is 12.6. The SMILES string of the molecule is C/C=C(\CCCC)SCC1=C(NC(CCC)/C(Cl)=C\C)NCCC1.